The van der Waals surface area contributed by atoms with E-state index in [1.165, 1.54) is 0 Å². The number of anilines is 1. The Morgan fingerprint density at radius 2 is 1.92 bits per heavy atom. The van der Waals surface area contributed by atoms with Crippen molar-refractivity contribution < 1.29 is 19.4 Å². The standard InChI is InChI=1S/C28H34N4O4/c1-17-11-18(2)31-28(35)25(17)15-30-27(34)24-12-21(20-5-6-22(16-33)29-14-20)13-26(19(24)3)32(4)23-7-9-36-10-8-23/h5-6,11-14,23,25,33H,7-10,15-16H2,1-4H3,(H,30,34). The number of rotatable bonds is 7. The Labute approximate surface area is 212 Å². The van der Waals surface area contributed by atoms with E-state index >= 15 is 0 Å². The molecule has 0 bridgehead atoms. The monoisotopic (exact) mass is 490 g/mol. The van der Waals surface area contributed by atoms with Gasteiger partial charge in [-0.3, -0.25) is 14.6 Å². The van der Waals surface area contributed by atoms with Crippen LogP contribution in [0.5, 0.6) is 0 Å². The van der Waals surface area contributed by atoms with E-state index in [4.69, 9.17) is 4.74 Å². The van der Waals surface area contributed by atoms with Crippen LogP contribution in [0.15, 0.2) is 47.1 Å². The van der Waals surface area contributed by atoms with Crippen molar-refractivity contribution >= 4 is 23.2 Å². The second-order valence-corrected chi connectivity index (χ2v) is 9.56. The summed E-state index contributed by atoms with van der Waals surface area (Å²) in [7, 11) is 2.06. The molecule has 0 aliphatic carbocycles. The van der Waals surface area contributed by atoms with Crippen LogP contribution >= 0.6 is 0 Å². The van der Waals surface area contributed by atoms with Crippen LogP contribution in [0.2, 0.25) is 0 Å². The number of amides is 2. The van der Waals surface area contributed by atoms with Gasteiger partial charge in [-0.05, 0) is 69.0 Å². The first-order chi connectivity index (χ1) is 17.3. The van der Waals surface area contributed by atoms with Crippen molar-refractivity contribution in [3.05, 3.63) is 58.9 Å². The molecule has 2 amide bonds. The Bertz CT molecular complexity index is 1200. The van der Waals surface area contributed by atoms with E-state index in [-0.39, 0.29) is 25.0 Å². The normalized spacial score (nSPS) is 18.5. The summed E-state index contributed by atoms with van der Waals surface area (Å²) in [6.45, 7) is 7.15. The predicted octanol–water partition coefficient (Wildman–Crippen LogP) is 3.46. The van der Waals surface area contributed by atoms with Crippen molar-refractivity contribution in [1.82, 2.24) is 10.3 Å². The van der Waals surface area contributed by atoms with Gasteiger partial charge in [-0.1, -0.05) is 11.6 Å². The highest BCUT2D eigenvalue weighted by Gasteiger charge is 2.26. The Morgan fingerprint density at radius 3 is 2.56 bits per heavy atom. The molecule has 3 heterocycles. The van der Waals surface area contributed by atoms with Crippen molar-refractivity contribution in [2.45, 2.75) is 46.3 Å². The van der Waals surface area contributed by atoms with E-state index in [2.05, 4.69) is 33.3 Å². The number of aromatic nitrogens is 1. The number of pyridine rings is 1. The van der Waals surface area contributed by atoms with Gasteiger partial charge in [0.2, 0.25) is 0 Å². The maximum Gasteiger partial charge on any atom is 0.254 e. The van der Waals surface area contributed by atoms with Crippen LogP contribution in [0, 0.1) is 12.8 Å². The maximum atomic E-state index is 13.5. The van der Waals surface area contributed by atoms with Gasteiger partial charge >= 0.3 is 0 Å². The van der Waals surface area contributed by atoms with Gasteiger partial charge < -0.3 is 20.1 Å². The minimum absolute atomic E-state index is 0.128. The second-order valence-electron chi connectivity index (χ2n) is 9.56. The molecule has 4 rings (SSSR count). The fourth-order valence-corrected chi connectivity index (χ4v) is 4.87. The molecule has 2 aliphatic heterocycles. The van der Waals surface area contributed by atoms with Crippen LogP contribution in [0.4, 0.5) is 5.69 Å². The molecule has 0 spiro atoms. The van der Waals surface area contributed by atoms with Gasteiger partial charge in [0.15, 0.2) is 0 Å². The summed E-state index contributed by atoms with van der Waals surface area (Å²) in [4.78, 5) is 36.5. The number of nitrogens with zero attached hydrogens (tertiary/aromatic N) is 3. The van der Waals surface area contributed by atoms with Gasteiger partial charge in [0, 0.05) is 61.6 Å². The number of dihydropyridines is 1. The third kappa shape index (κ3) is 5.55. The Hall–Kier alpha value is -3.36. The molecule has 1 aromatic carbocycles. The average Bonchev–Trinajstić information content (AvgIpc) is 2.88. The van der Waals surface area contributed by atoms with Gasteiger partial charge in [0.05, 0.1) is 18.2 Å². The highest BCUT2D eigenvalue weighted by molar-refractivity contribution is 6.06. The number of carbonyl (C=O) groups excluding carboxylic acids is 2. The van der Waals surface area contributed by atoms with Crippen LogP contribution in [-0.4, -0.2) is 60.5 Å². The lowest BCUT2D eigenvalue weighted by atomic mass is 9.94. The third-order valence-electron chi connectivity index (χ3n) is 7.10. The summed E-state index contributed by atoms with van der Waals surface area (Å²) in [5.74, 6) is -0.920. The van der Waals surface area contributed by atoms with Gasteiger partial charge in [-0.2, -0.15) is 0 Å². The Morgan fingerprint density at radius 1 is 1.17 bits per heavy atom. The van der Waals surface area contributed by atoms with Crippen molar-refractivity contribution in [2.75, 3.05) is 31.7 Å². The Balaban J connectivity index is 1.66. The molecule has 1 fully saturated rings. The molecule has 1 unspecified atom stereocenters. The van der Waals surface area contributed by atoms with Gasteiger partial charge in [-0.15, -0.1) is 0 Å². The fourth-order valence-electron chi connectivity index (χ4n) is 4.87. The van der Waals surface area contributed by atoms with Crippen LogP contribution in [-0.2, 0) is 16.1 Å². The number of allylic oxidation sites excluding steroid dienone is 1. The number of ether oxygens (including phenoxy) is 1. The van der Waals surface area contributed by atoms with Gasteiger partial charge in [-0.25, -0.2) is 4.99 Å². The molecule has 1 aromatic heterocycles. The maximum absolute atomic E-state index is 13.5. The molecule has 0 radical (unpaired) electrons. The van der Waals surface area contributed by atoms with E-state index in [1.807, 2.05) is 32.1 Å². The first-order valence-corrected chi connectivity index (χ1v) is 12.4. The number of aliphatic hydroxyl groups is 1. The van der Waals surface area contributed by atoms with E-state index in [1.54, 1.807) is 19.2 Å². The highest BCUT2D eigenvalue weighted by atomic mass is 16.5. The van der Waals surface area contributed by atoms with Crippen molar-refractivity contribution in [3.8, 4) is 11.1 Å². The molecular formula is C28H34N4O4. The lowest BCUT2D eigenvalue weighted by Gasteiger charge is -2.34. The van der Waals surface area contributed by atoms with Crippen molar-refractivity contribution in [2.24, 2.45) is 10.9 Å². The fraction of sp³-hybridized carbons (Fsp3) is 0.429. The van der Waals surface area contributed by atoms with Gasteiger partial charge in [0.1, 0.15) is 0 Å². The summed E-state index contributed by atoms with van der Waals surface area (Å²) in [6, 6.07) is 7.95. The smallest absolute Gasteiger partial charge is 0.254 e. The van der Waals surface area contributed by atoms with Crippen molar-refractivity contribution in [3.63, 3.8) is 0 Å². The molecule has 0 saturated carbocycles. The SMILES string of the molecule is CC1=CC(C)=NC(=O)C1CNC(=O)c1cc(-c2ccc(CO)nc2)cc(N(C)C2CCOCC2)c1C. The van der Waals surface area contributed by atoms with Crippen LogP contribution in [0.3, 0.4) is 0 Å². The zero-order valence-corrected chi connectivity index (χ0v) is 21.4. The lowest BCUT2D eigenvalue weighted by Crippen LogP contribution is -2.38. The van der Waals surface area contributed by atoms with Gasteiger partial charge in [0.25, 0.3) is 11.8 Å². The van der Waals surface area contributed by atoms with Crippen LogP contribution < -0.4 is 10.2 Å². The van der Waals surface area contributed by atoms with Crippen LogP contribution in [0.25, 0.3) is 11.1 Å². The summed E-state index contributed by atoms with van der Waals surface area (Å²) in [5, 5.41) is 12.3. The molecule has 8 nitrogen and oxygen atoms in total. The number of hydrogen-bond acceptors (Lipinski definition) is 6. The summed E-state index contributed by atoms with van der Waals surface area (Å²) in [6.07, 6.45) is 5.44. The summed E-state index contributed by atoms with van der Waals surface area (Å²) in [5.41, 5.74) is 6.29. The molecule has 36 heavy (non-hydrogen) atoms. The largest absolute Gasteiger partial charge is 0.390 e. The highest BCUT2D eigenvalue weighted by Crippen LogP contribution is 2.33. The number of carbonyl (C=O) groups is 2. The number of aliphatic imine (C=N–C) groups is 1. The number of hydrogen-bond donors (Lipinski definition) is 2. The molecular weight excluding hydrogens is 456 g/mol. The first kappa shape index (κ1) is 25.7. The predicted molar refractivity (Wildman–Crippen MR) is 140 cm³/mol. The van der Waals surface area contributed by atoms with E-state index < -0.39 is 5.92 Å². The lowest BCUT2D eigenvalue weighted by molar-refractivity contribution is -0.120. The molecule has 1 saturated heterocycles. The minimum atomic E-state index is -0.458. The molecule has 2 aliphatic rings. The van der Waals surface area contributed by atoms with Crippen LogP contribution in [0.1, 0.15) is 48.3 Å². The molecule has 2 aromatic rings. The van der Waals surface area contributed by atoms with E-state index in [0.717, 1.165) is 54.0 Å². The topological polar surface area (TPSA) is 104 Å². The quantitative estimate of drug-likeness (QED) is 0.616. The van der Waals surface area contributed by atoms with Crippen molar-refractivity contribution in [1.29, 1.82) is 0 Å². The molecule has 1 atom stereocenters. The Kier molecular flexibility index (Phi) is 7.96. The zero-order valence-electron chi connectivity index (χ0n) is 21.4. The second kappa shape index (κ2) is 11.1. The summed E-state index contributed by atoms with van der Waals surface area (Å²) >= 11 is 0. The number of benzene rings is 1. The summed E-state index contributed by atoms with van der Waals surface area (Å²) < 4.78 is 5.55. The zero-order chi connectivity index (χ0) is 25.8. The molecule has 2 N–H and O–H groups in total. The molecule has 8 heteroatoms. The number of nitrogens with one attached hydrogen (secondary N) is 1. The van der Waals surface area contributed by atoms with E-state index in [0.29, 0.717) is 23.0 Å². The third-order valence-corrected chi connectivity index (χ3v) is 7.10. The minimum Gasteiger partial charge on any atom is -0.390 e. The number of aliphatic hydroxyl groups excluding tert-OH is 1. The molecule has 190 valence electrons. The first-order valence-electron chi connectivity index (χ1n) is 12.4. The van der Waals surface area contributed by atoms with E-state index in [9.17, 15) is 14.7 Å². The average molecular weight is 491 g/mol.